The largest absolute Gasteiger partial charge is 0.392 e. The molecule has 1 fully saturated rings. The Kier molecular flexibility index (Phi) is 5.99. The Balaban J connectivity index is 1.23. The molecule has 1 aliphatic carbocycles. The SMILES string of the molecule is CC1(C)C(=O)N(CC(=O)Nc2ccc3c(c2)C[C@@]2(C3)C(=O)Nc3ncccc32)[C@H](c2cc(F)cc(F)c2)C[C@@H]1O. The second-order valence-corrected chi connectivity index (χ2v) is 11.4. The van der Waals surface area contributed by atoms with Crippen LogP contribution in [-0.4, -0.2) is 45.4 Å². The number of likely N-dealkylation sites (tertiary alicyclic amines) is 1. The zero-order valence-electron chi connectivity index (χ0n) is 22.0. The lowest BCUT2D eigenvalue weighted by molar-refractivity contribution is -0.160. The number of pyridine rings is 1. The number of nitrogens with one attached hydrogen (secondary N) is 2. The predicted octanol–water partition coefficient (Wildman–Crippen LogP) is 3.65. The maximum absolute atomic E-state index is 14.0. The molecule has 3 heterocycles. The van der Waals surface area contributed by atoms with Crippen molar-refractivity contribution >= 4 is 29.2 Å². The van der Waals surface area contributed by atoms with Crippen molar-refractivity contribution in [3.8, 4) is 0 Å². The molecule has 0 unspecified atom stereocenters. The van der Waals surface area contributed by atoms with Gasteiger partial charge in [-0.25, -0.2) is 13.8 Å². The Labute approximate surface area is 229 Å². The van der Waals surface area contributed by atoms with E-state index in [1.54, 1.807) is 26.1 Å². The van der Waals surface area contributed by atoms with Crippen molar-refractivity contribution < 1.29 is 28.3 Å². The van der Waals surface area contributed by atoms with Crippen molar-refractivity contribution in [3.05, 3.63) is 88.6 Å². The molecular formula is C30H28F2N4O4. The number of hydrogen-bond donors (Lipinski definition) is 3. The van der Waals surface area contributed by atoms with E-state index < -0.39 is 46.4 Å². The number of nitrogens with zero attached hydrogens (tertiary/aromatic N) is 2. The fraction of sp³-hybridized carbons (Fsp3) is 0.333. The van der Waals surface area contributed by atoms with E-state index in [-0.39, 0.29) is 24.4 Å². The van der Waals surface area contributed by atoms with Gasteiger partial charge in [0.15, 0.2) is 0 Å². The van der Waals surface area contributed by atoms with Gasteiger partial charge in [-0.05, 0) is 80.1 Å². The molecule has 2 aromatic carbocycles. The van der Waals surface area contributed by atoms with E-state index in [0.717, 1.165) is 34.9 Å². The van der Waals surface area contributed by atoms with Gasteiger partial charge in [-0.1, -0.05) is 12.1 Å². The lowest BCUT2D eigenvalue weighted by Gasteiger charge is -2.45. The van der Waals surface area contributed by atoms with E-state index in [1.807, 2.05) is 24.3 Å². The van der Waals surface area contributed by atoms with Gasteiger partial charge in [0.2, 0.25) is 17.7 Å². The number of amides is 3. The number of piperidine rings is 1. The number of benzene rings is 2. The summed E-state index contributed by atoms with van der Waals surface area (Å²) >= 11 is 0. The fourth-order valence-electron chi connectivity index (χ4n) is 6.25. The minimum Gasteiger partial charge on any atom is -0.392 e. The number of halogens is 2. The minimum atomic E-state index is -1.18. The van der Waals surface area contributed by atoms with Crippen LogP contribution in [0.5, 0.6) is 0 Å². The third-order valence-corrected chi connectivity index (χ3v) is 8.52. The van der Waals surface area contributed by atoms with E-state index in [1.165, 1.54) is 4.90 Å². The average molecular weight is 547 g/mol. The molecule has 10 heteroatoms. The third kappa shape index (κ3) is 4.14. The van der Waals surface area contributed by atoms with Crippen molar-refractivity contribution in [2.45, 2.75) is 50.7 Å². The molecule has 3 N–H and O–H groups in total. The summed E-state index contributed by atoms with van der Waals surface area (Å²) in [4.78, 5) is 45.1. The molecule has 1 spiro atoms. The van der Waals surface area contributed by atoms with Crippen LogP contribution < -0.4 is 10.6 Å². The van der Waals surface area contributed by atoms with Crippen molar-refractivity contribution in [3.63, 3.8) is 0 Å². The van der Waals surface area contributed by atoms with E-state index in [2.05, 4.69) is 15.6 Å². The van der Waals surface area contributed by atoms with Gasteiger partial charge >= 0.3 is 0 Å². The first kappa shape index (κ1) is 26.1. The molecular weight excluding hydrogens is 518 g/mol. The number of carbonyl (C=O) groups excluding carboxylic acids is 3. The Morgan fingerprint density at radius 1 is 1.10 bits per heavy atom. The molecule has 0 bridgehead atoms. The van der Waals surface area contributed by atoms with E-state index in [9.17, 15) is 28.3 Å². The summed E-state index contributed by atoms with van der Waals surface area (Å²) in [5.41, 5.74) is 1.53. The topological polar surface area (TPSA) is 112 Å². The summed E-state index contributed by atoms with van der Waals surface area (Å²) in [6, 6.07) is 11.2. The molecule has 1 saturated heterocycles. The Morgan fingerprint density at radius 3 is 2.58 bits per heavy atom. The molecule has 1 aromatic heterocycles. The van der Waals surface area contributed by atoms with Gasteiger partial charge in [0.1, 0.15) is 24.0 Å². The molecule has 0 saturated carbocycles. The fourth-order valence-corrected chi connectivity index (χ4v) is 6.25. The maximum atomic E-state index is 14.0. The number of rotatable bonds is 4. The van der Waals surface area contributed by atoms with Gasteiger partial charge in [0, 0.05) is 23.5 Å². The van der Waals surface area contributed by atoms with Crippen LogP contribution in [-0.2, 0) is 32.6 Å². The summed E-state index contributed by atoms with van der Waals surface area (Å²) in [7, 11) is 0. The first-order valence-electron chi connectivity index (χ1n) is 13.1. The van der Waals surface area contributed by atoms with Crippen molar-refractivity contribution in [1.29, 1.82) is 0 Å². The normalized spacial score (nSPS) is 24.6. The third-order valence-electron chi connectivity index (χ3n) is 8.52. The van der Waals surface area contributed by atoms with Gasteiger partial charge in [-0.2, -0.15) is 0 Å². The van der Waals surface area contributed by atoms with Crippen LogP contribution in [0.15, 0.2) is 54.7 Å². The number of carbonyl (C=O) groups is 3. The Morgan fingerprint density at radius 2 is 1.82 bits per heavy atom. The predicted molar refractivity (Wildman–Crippen MR) is 142 cm³/mol. The molecule has 3 aliphatic rings. The second-order valence-electron chi connectivity index (χ2n) is 11.4. The van der Waals surface area contributed by atoms with Gasteiger partial charge in [0.25, 0.3) is 0 Å². The highest BCUT2D eigenvalue weighted by atomic mass is 19.1. The van der Waals surface area contributed by atoms with Crippen LogP contribution in [0.3, 0.4) is 0 Å². The highest BCUT2D eigenvalue weighted by Crippen LogP contribution is 2.47. The van der Waals surface area contributed by atoms with Gasteiger partial charge in [-0.3, -0.25) is 14.4 Å². The zero-order chi connectivity index (χ0) is 28.4. The zero-order valence-corrected chi connectivity index (χ0v) is 22.0. The summed E-state index contributed by atoms with van der Waals surface area (Å²) < 4.78 is 28.0. The second kappa shape index (κ2) is 9.19. The first-order chi connectivity index (χ1) is 19.0. The summed E-state index contributed by atoms with van der Waals surface area (Å²) in [6.07, 6.45) is 1.58. The number of aliphatic hydroxyl groups excluding tert-OH is 1. The lowest BCUT2D eigenvalue weighted by Crippen LogP contribution is -2.56. The van der Waals surface area contributed by atoms with E-state index in [0.29, 0.717) is 24.3 Å². The quantitative estimate of drug-likeness (QED) is 0.463. The molecule has 3 atom stereocenters. The number of aromatic nitrogens is 1. The van der Waals surface area contributed by atoms with Crippen LogP contribution in [0.1, 0.15) is 48.6 Å². The van der Waals surface area contributed by atoms with Crippen molar-refractivity contribution in [2.24, 2.45) is 5.41 Å². The first-order valence-corrected chi connectivity index (χ1v) is 13.1. The molecule has 40 heavy (non-hydrogen) atoms. The number of anilines is 2. The van der Waals surface area contributed by atoms with E-state index >= 15 is 0 Å². The minimum absolute atomic E-state index is 0.0221. The highest BCUT2D eigenvalue weighted by Gasteiger charge is 2.51. The van der Waals surface area contributed by atoms with Gasteiger partial charge in [-0.15, -0.1) is 0 Å². The summed E-state index contributed by atoms with van der Waals surface area (Å²) in [6.45, 7) is 2.78. The number of hydrogen-bond acceptors (Lipinski definition) is 5. The van der Waals surface area contributed by atoms with Gasteiger partial charge < -0.3 is 20.6 Å². The molecule has 2 aliphatic heterocycles. The Bertz CT molecular complexity index is 1550. The van der Waals surface area contributed by atoms with Crippen LogP contribution in [0.25, 0.3) is 0 Å². The molecule has 3 aromatic rings. The molecule has 0 radical (unpaired) electrons. The van der Waals surface area contributed by atoms with Crippen molar-refractivity contribution in [2.75, 3.05) is 17.2 Å². The average Bonchev–Trinajstić information content (AvgIpc) is 3.41. The highest BCUT2D eigenvalue weighted by molar-refractivity contribution is 6.06. The smallest absolute Gasteiger partial charge is 0.244 e. The van der Waals surface area contributed by atoms with Crippen LogP contribution in [0.4, 0.5) is 20.3 Å². The van der Waals surface area contributed by atoms with Crippen LogP contribution >= 0.6 is 0 Å². The standard InChI is InChI=1S/C30H28F2N4O4/c1-29(2)24(37)12-23(17-8-19(31)11-20(32)9-17)36(28(29)40)15-25(38)34-21-6-5-16-13-30(14-18(16)10-21)22-4-3-7-33-26(22)35-27(30)39/h3-11,23-24,37H,12-15H2,1-2H3,(H,34,38)(H,33,35,39)/t23-,24-,30+/m0/s1. The molecule has 3 amide bonds. The van der Waals surface area contributed by atoms with Crippen LogP contribution in [0.2, 0.25) is 0 Å². The number of aliphatic hydroxyl groups is 1. The van der Waals surface area contributed by atoms with Crippen LogP contribution in [0, 0.1) is 17.0 Å². The van der Waals surface area contributed by atoms with Gasteiger partial charge in [0.05, 0.1) is 23.0 Å². The Hall–Kier alpha value is -4.18. The maximum Gasteiger partial charge on any atom is 0.244 e. The molecule has 206 valence electrons. The van der Waals surface area contributed by atoms with E-state index in [4.69, 9.17) is 0 Å². The van der Waals surface area contributed by atoms with Crippen molar-refractivity contribution in [1.82, 2.24) is 9.88 Å². The molecule has 6 rings (SSSR count). The molecule has 8 nitrogen and oxygen atoms in total. The lowest BCUT2D eigenvalue weighted by atomic mass is 9.76. The monoisotopic (exact) mass is 546 g/mol. The summed E-state index contributed by atoms with van der Waals surface area (Å²) in [5, 5.41) is 16.4. The number of fused-ring (bicyclic) bond motifs is 3. The summed E-state index contributed by atoms with van der Waals surface area (Å²) in [5.74, 6) is -2.14.